The van der Waals surface area contributed by atoms with Gasteiger partial charge in [-0.15, -0.1) is 0 Å². The molecule has 0 unspecified atom stereocenters. The molecular weight excluding hydrogens is 266 g/mol. The van der Waals surface area contributed by atoms with E-state index in [9.17, 15) is 9.59 Å². The van der Waals surface area contributed by atoms with Crippen LogP contribution in [0.5, 0.6) is 0 Å². The molecule has 0 spiro atoms. The van der Waals surface area contributed by atoms with Gasteiger partial charge in [-0.1, -0.05) is 25.5 Å². The number of carbonyl (C=O) groups is 2. The first-order valence-electron chi connectivity index (χ1n) is 7.77. The molecule has 4 aliphatic rings. The fraction of sp³-hybridized carbons (Fsp3) is 0.647. The van der Waals surface area contributed by atoms with Crippen molar-refractivity contribution in [1.82, 2.24) is 5.32 Å². The second-order valence-electron chi connectivity index (χ2n) is 6.92. The molecule has 0 aromatic rings. The summed E-state index contributed by atoms with van der Waals surface area (Å²) in [6.07, 6.45) is 6.46. The van der Waals surface area contributed by atoms with Crippen molar-refractivity contribution in [3.05, 3.63) is 23.3 Å². The van der Waals surface area contributed by atoms with Crippen molar-refractivity contribution in [3.63, 3.8) is 0 Å². The van der Waals surface area contributed by atoms with Crippen molar-refractivity contribution in [2.24, 2.45) is 17.3 Å². The van der Waals surface area contributed by atoms with Crippen LogP contribution in [0.1, 0.15) is 40.0 Å². The van der Waals surface area contributed by atoms with Gasteiger partial charge in [0, 0.05) is 12.0 Å². The van der Waals surface area contributed by atoms with E-state index in [2.05, 4.69) is 32.2 Å². The molecule has 0 aromatic heterocycles. The molecule has 0 radical (unpaired) electrons. The first-order valence-corrected chi connectivity index (χ1v) is 7.77. The van der Waals surface area contributed by atoms with E-state index in [1.807, 2.05) is 0 Å². The van der Waals surface area contributed by atoms with E-state index in [0.29, 0.717) is 5.92 Å². The number of esters is 1. The number of rotatable bonds is 0. The minimum Gasteiger partial charge on any atom is -0.456 e. The van der Waals surface area contributed by atoms with Gasteiger partial charge in [-0.25, -0.2) is 0 Å². The molecule has 1 saturated carbocycles. The van der Waals surface area contributed by atoms with Crippen molar-refractivity contribution in [1.29, 1.82) is 0 Å². The Kier molecular flexibility index (Phi) is 3.42. The number of carbonyl (C=O) groups excluding carboxylic acids is 2. The summed E-state index contributed by atoms with van der Waals surface area (Å²) in [7, 11) is 0. The lowest BCUT2D eigenvalue weighted by Crippen LogP contribution is -2.44. The molecule has 1 amide bonds. The lowest BCUT2D eigenvalue weighted by Gasteiger charge is -2.47. The SMILES string of the molecule is CC1=C[C@H]2C[C@@H](C)[C@]1(C)CC/C1=C/C(=O)NCC(=O)O[C@@H]12. The van der Waals surface area contributed by atoms with Crippen molar-refractivity contribution in [2.75, 3.05) is 6.54 Å². The van der Waals surface area contributed by atoms with Gasteiger partial charge in [0.05, 0.1) is 0 Å². The van der Waals surface area contributed by atoms with Crippen LogP contribution >= 0.6 is 0 Å². The van der Waals surface area contributed by atoms with Crippen molar-refractivity contribution in [2.45, 2.75) is 46.1 Å². The highest BCUT2D eigenvalue weighted by Crippen LogP contribution is 2.51. The Balaban J connectivity index is 2.04. The van der Waals surface area contributed by atoms with Gasteiger partial charge >= 0.3 is 5.97 Å². The third kappa shape index (κ3) is 2.41. The summed E-state index contributed by atoms with van der Waals surface area (Å²) in [6, 6.07) is 0. The molecule has 0 saturated heterocycles. The Morgan fingerprint density at radius 1 is 1.38 bits per heavy atom. The summed E-state index contributed by atoms with van der Waals surface area (Å²) in [5.74, 6) is 0.232. The molecule has 114 valence electrons. The first kappa shape index (κ1) is 14.4. The monoisotopic (exact) mass is 289 g/mol. The molecule has 1 fully saturated rings. The largest absolute Gasteiger partial charge is 0.456 e. The summed E-state index contributed by atoms with van der Waals surface area (Å²) in [6.45, 7) is 6.75. The standard InChI is InChI=1S/C17H23NO3/c1-10-6-13-7-11(2)17(10,3)5-4-12-8-14(19)18-9-15(20)21-16(12)13/h6,8,11,13,16H,4-5,7,9H2,1-3H3,(H,18,19)/b12-8-/t11-,13+,16+,17-/m1/s1. The molecule has 4 rings (SSSR count). The molecule has 4 atom stereocenters. The van der Waals surface area contributed by atoms with Crippen LogP contribution < -0.4 is 5.32 Å². The van der Waals surface area contributed by atoms with Crippen LogP contribution in [0.2, 0.25) is 0 Å². The third-order valence-corrected chi connectivity index (χ3v) is 5.75. The maximum absolute atomic E-state index is 11.8. The van der Waals surface area contributed by atoms with Gasteiger partial charge in [0.1, 0.15) is 12.6 Å². The van der Waals surface area contributed by atoms with E-state index in [-0.39, 0.29) is 35.9 Å². The van der Waals surface area contributed by atoms with Crippen molar-refractivity contribution < 1.29 is 14.3 Å². The van der Waals surface area contributed by atoms with Crippen LogP contribution in [0.3, 0.4) is 0 Å². The topological polar surface area (TPSA) is 55.4 Å². The van der Waals surface area contributed by atoms with Crippen molar-refractivity contribution >= 4 is 11.9 Å². The highest BCUT2D eigenvalue weighted by atomic mass is 16.5. The maximum Gasteiger partial charge on any atom is 0.326 e. The van der Waals surface area contributed by atoms with E-state index in [1.54, 1.807) is 6.08 Å². The van der Waals surface area contributed by atoms with Crippen LogP contribution in [-0.4, -0.2) is 24.5 Å². The predicted octanol–water partition coefficient (Wildman–Crippen LogP) is 2.36. The minimum absolute atomic E-state index is 0.0399. The van der Waals surface area contributed by atoms with E-state index in [1.165, 1.54) is 5.57 Å². The summed E-state index contributed by atoms with van der Waals surface area (Å²) in [5.41, 5.74) is 2.55. The predicted molar refractivity (Wildman–Crippen MR) is 79.3 cm³/mol. The summed E-state index contributed by atoms with van der Waals surface area (Å²) < 4.78 is 5.67. The average Bonchev–Trinajstić information content (AvgIpc) is 2.42. The van der Waals surface area contributed by atoms with Crippen LogP contribution in [0.4, 0.5) is 0 Å². The lowest BCUT2D eigenvalue weighted by molar-refractivity contribution is -0.150. The van der Waals surface area contributed by atoms with E-state index < -0.39 is 0 Å². The third-order valence-electron chi connectivity index (χ3n) is 5.75. The minimum atomic E-state index is -0.341. The Bertz CT molecular complexity index is 548. The normalized spacial score (nSPS) is 42.1. The van der Waals surface area contributed by atoms with Gasteiger partial charge in [-0.05, 0) is 43.1 Å². The Morgan fingerprint density at radius 3 is 2.86 bits per heavy atom. The van der Waals surface area contributed by atoms with Gasteiger partial charge in [0.25, 0.3) is 0 Å². The van der Waals surface area contributed by atoms with Gasteiger partial charge in [-0.3, -0.25) is 9.59 Å². The fourth-order valence-corrected chi connectivity index (χ4v) is 3.99. The maximum atomic E-state index is 11.8. The lowest BCUT2D eigenvalue weighted by atomic mass is 9.59. The zero-order chi connectivity index (χ0) is 15.2. The Labute approximate surface area is 125 Å². The second-order valence-corrected chi connectivity index (χ2v) is 6.92. The number of fused-ring (bicyclic) bond motifs is 2. The molecule has 4 heteroatoms. The molecule has 2 bridgehead atoms. The highest BCUT2D eigenvalue weighted by Gasteiger charge is 2.44. The second kappa shape index (κ2) is 5.00. The van der Waals surface area contributed by atoms with Crippen LogP contribution in [0, 0.1) is 17.3 Å². The zero-order valence-electron chi connectivity index (χ0n) is 12.9. The molecule has 1 heterocycles. The Morgan fingerprint density at radius 2 is 2.14 bits per heavy atom. The first-order chi connectivity index (χ1) is 9.90. The van der Waals surface area contributed by atoms with Gasteiger partial charge < -0.3 is 10.1 Å². The van der Waals surface area contributed by atoms with Crippen LogP contribution in [0.15, 0.2) is 23.3 Å². The molecule has 1 aliphatic heterocycles. The molecule has 1 N–H and O–H groups in total. The number of amides is 1. The summed E-state index contributed by atoms with van der Waals surface area (Å²) in [4.78, 5) is 23.7. The smallest absolute Gasteiger partial charge is 0.326 e. The number of nitrogens with one attached hydrogen (secondary N) is 1. The Hall–Kier alpha value is -1.58. The van der Waals surface area contributed by atoms with Crippen LogP contribution in [0.25, 0.3) is 0 Å². The van der Waals surface area contributed by atoms with Gasteiger partial charge in [-0.2, -0.15) is 0 Å². The number of ether oxygens (including phenoxy) is 1. The van der Waals surface area contributed by atoms with Gasteiger partial charge in [0.15, 0.2) is 0 Å². The van der Waals surface area contributed by atoms with E-state index in [4.69, 9.17) is 4.74 Å². The molecule has 3 aliphatic carbocycles. The zero-order valence-corrected chi connectivity index (χ0v) is 12.9. The van der Waals surface area contributed by atoms with Crippen LogP contribution in [-0.2, 0) is 14.3 Å². The average molecular weight is 289 g/mol. The number of hydrogen-bond donors (Lipinski definition) is 1. The quantitative estimate of drug-likeness (QED) is 0.550. The molecule has 21 heavy (non-hydrogen) atoms. The highest BCUT2D eigenvalue weighted by molar-refractivity contribution is 5.91. The molecular formula is C17H23NO3. The summed E-state index contributed by atoms with van der Waals surface area (Å²) in [5, 5.41) is 2.57. The number of hydrogen-bond acceptors (Lipinski definition) is 3. The van der Waals surface area contributed by atoms with Gasteiger partial charge in [0.2, 0.25) is 5.91 Å². The fourth-order valence-electron chi connectivity index (χ4n) is 3.99. The van der Waals surface area contributed by atoms with E-state index >= 15 is 0 Å². The van der Waals surface area contributed by atoms with Crippen molar-refractivity contribution in [3.8, 4) is 0 Å². The molecule has 0 aromatic carbocycles. The summed E-state index contributed by atoms with van der Waals surface area (Å²) >= 11 is 0. The number of allylic oxidation sites excluding steroid dienone is 1. The van der Waals surface area contributed by atoms with E-state index in [0.717, 1.165) is 24.8 Å². The molecule has 4 nitrogen and oxygen atoms in total.